The summed E-state index contributed by atoms with van der Waals surface area (Å²) < 4.78 is 2.12. The summed E-state index contributed by atoms with van der Waals surface area (Å²) in [6, 6.07) is 14.8. The zero-order chi connectivity index (χ0) is 23.9. The van der Waals surface area contributed by atoms with E-state index in [1.165, 1.54) is 11.3 Å². The lowest BCUT2D eigenvalue weighted by molar-refractivity contribution is 0.0791. The van der Waals surface area contributed by atoms with Crippen LogP contribution in [0.4, 0.5) is 5.69 Å². The van der Waals surface area contributed by atoms with E-state index in [2.05, 4.69) is 49.7 Å². The highest BCUT2D eigenvalue weighted by molar-refractivity contribution is 5.94. The number of carbonyl (C=O) groups is 1. The second-order valence-electron chi connectivity index (χ2n) is 9.50. The van der Waals surface area contributed by atoms with Crippen LogP contribution in [0, 0.1) is 13.8 Å². The number of aryl methyl sites for hydroxylation is 2. The van der Waals surface area contributed by atoms with Gasteiger partial charge in [-0.2, -0.15) is 0 Å². The van der Waals surface area contributed by atoms with Crippen LogP contribution in [0.2, 0.25) is 0 Å². The number of aromatic nitrogens is 2. The normalized spacial score (nSPS) is 14.4. The van der Waals surface area contributed by atoms with Crippen molar-refractivity contribution in [2.45, 2.75) is 33.2 Å². The van der Waals surface area contributed by atoms with E-state index in [4.69, 9.17) is 0 Å². The molecule has 0 N–H and O–H groups in total. The Morgan fingerprint density at radius 3 is 2.44 bits per heavy atom. The van der Waals surface area contributed by atoms with Gasteiger partial charge in [0.1, 0.15) is 0 Å². The van der Waals surface area contributed by atoms with Crippen molar-refractivity contribution in [1.82, 2.24) is 19.4 Å². The number of nitrogens with zero attached hydrogens (tertiary/aromatic N) is 5. The molecular formula is C28H37N5O. The molecule has 1 amide bonds. The van der Waals surface area contributed by atoms with Crippen LogP contribution in [0.3, 0.4) is 0 Å². The number of unbranched alkanes of at least 4 members (excludes halogenated alkanes) is 1. The van der Waals surface area contributed by atoms with Crippen molar-refractivity contribution in [1.29, 1.82) is 0 Å². The van der Waals surface area contributed by atoms with Crippen molar-refractivity contribution < 1.29 is 4.79 Å². The van der Waals surface area contributed by atoms with Gasteiger partial charge in [-0.1, -0.05) is 35.4 Å². The summed E-state index contributed by atoms with van der Waals surface area (Å²) in [6.07, 6.45) is 7.87. The lowest BCUT2D eigenvalue weighted by atomic mass is 10.1. The third-order valence-electron chi connectivity index (χ3n) is 6.65. The quantitative estimate of drug-likeness (QED) is 0.450. The maximum atomic E-state index is 12.7. The minimum Gasteiger partial charge on any atom is -0.369 e. The molecule has 0 unspecified atom stereocenters. The Morgan fingerprint density at radius 1 is 1.00 bits per heavy atom. The van der Waals surface area contributed by atoms with Gasteiger partial charge >= 0.3 is 0 Å². The molecule has 1 aliphatic rings. The molecule has 0 radical (unpaired) electrons. The first-order valence-corrected chi connectivity index (χ1v) is 12.3. The summed E-state index contributed by atoms with van der Waals surface area (Å²) in [5.74, 6) is 0.120. The van der Waals surface area contributed by atoms with Crippen molar-refractivity contribution in [3.63, 3.8) is 0 Å². The topological polar surface area (TPSA) is 44.6 Å². The molecule has 180 valence electrons. The third-order valence-corrected chi connectivity index (χ3v) is 6.65. The second kappa shape index (κ2) is 11.3. The number of benzene rings is 2. The Balaban J connectivity index is 1.20. The average molecular weight is 460 g/mol. The van der Waals surface area contributed by atoms with Gasteiger partial charge in [-0.3, -0.25) is 9.69 Å². The maximum Gasteiger partial charge on any atom is 0.253 e. The highest BCUT2D eigenvalue weighted by Gasteiger charge is 2.19. The summed E-state index contributed by atoms with van der Waals surface area (Å²) in [6.45, 7) is 11.1. The van der Waals surface area contributed by atoms with Crippen LogP contribution < -0.4 is 4.90 Å². The van der Waals surface area contributed by atoms with E-state index in [-0.39, 0.29) is 5.91 Å². The van der Waals surface area contributed by atoms with Crippen LogP contribution in [0.25, 0.3) is 0 Å². The van der Waals surface area contributed by atoms with Crippen LogP contribution in [-0.4, -0.2) is 71.6 Å². The van der Waals surface area contributed by atoms with Crippen molar-refractivity contribution >= 4 is 11.6 Å². The Kier molecular flexibility index (Phi) is 8.01. The Morgan fingerprint density at radius 2 is 1.74 bits per heavy atom. The van der Waals surface area contributed by atoms with E-state index in [0.29, 0.717) is 0 Å². The first kappa shape index (κ1) is 24.0. The van der Waals surface area contributed by atoms with Crippen molar-refractivity contribution in [2.75, 3.05) is 51.2 Å². The second-order valence-corrected chi connectivity index (χ2v) is 9.50. The molecule has 1 aromatic heterocycles. The van der Waals surface area contributed by atoms with Gasteiger partial charge in [0.15, 0.2) is 0 Å². The van der Waals surface area contributed by atoms with E-state index in [1.54, 1.807) is 0 Å². The number of piperazine rings is 1. The van der Waals surface area contributed by atoms with E-state index in [0.717, 1.165) is 75.3 Å². The number of hydrogen-bond donors (Lipinski definition) is 0. The summed E-state index contributed by atoms with van der Waals surface area (Å²) in [5, 5.41) is 0. The molecule has 0 spiro atoms. The van der Waals surface area contributed by atoms with E-state index >= 15 is 0 Å². The zero-order valence-corrected chi connectivity index (χ0v) is 20.8. The molecule has 4 rings (SSSR count). The van der Waals surface area contributed by atoms with Crippen LogP contribution >= 0.6 is 0 Å². The number of imidazole rings is 1. The fourth-order valence-corrected chi connectivity index (χ4v) is 4.85. The first-order chi connectivity index (χ1) is 16.5. The highest BCUT2D eigenvalue weighted by atomic mass is 16.2. The van der Waals surface area contributed by atoms with Gasteiger partial charge in [0.05, 0.1) is 12.9 Å². The highest BCUT2D eigenvalue weighted by Crippen LogP contribution is 2.23. The Labute approximate surface area is 203 Å². The van der Waals surface area contributed by atoms with Crippen molar-refractivity contribution in [3.8, 4) is 0 Å². The molecule has 34 heavy (non-hydrogen) atoms. The predicted molar refractivity (Wildman–Crippen MR) is 139 cm³/mol. The van der Waals surface area contributed by atoms with E-state index in [1.807, 2.05) is 56.6 Å². The molecule has 6 nitrogen and oxygen atoms in total. The van der Waals surface area contributed by atoms with Gasteiger partial charge in [-0.05, 0) is 57.0 Å². The number of amides is 1. The molecule has 2 heterocycles. The molecule has 3 aromatic rings. The van der Waals surface area contributed by atoms with Gasteiger partial charge in [-0.15, -0.1) is 0 Å². The smallest absolute Gasteiger partial charge is 0.253 e. The summed E-state index contributed by atoms with van der Waals surface area (Å²) in [7, 11) is 1.92. The molecule has 0 saturated carbocycles. The fraction of sp³-hybridized carbons (Fsp3) is 0.429. The van der Waals surface area contributed by atoms with Gasteiger partial charge in [0.2, 0.25) is 0 Å². The van der Waals surface area contributed by atoms with E-state index in [9.17, 15) is 4.79 Å². The van der Waals surface area contributed by atoms with Crippen LogP contribution in [-0.2, 0) is 6.54 Å². The minimum absolute atomic E-state index is 0.120. The number of anilines is 1. The Bertz CT molecular complexity index is 1050. The molecule has 1 fully saturated rings. The molecule has 6 heteroatoms. The predicted octanol–water partition coefficient (Wildman–Crippen LogP) is 4.22. The molecular weight excluding hydrogens is 422 g/mol. The molecule has 0 aliphatic carbocycles. The molecule has 0 bridgehead atoms. The largest absolute Gasteiger partial charge is 0.369 e. The van der Waals surface area contributed by atoms with Crippen LogP contribution in [0.15, 0.2) is 61.2 Å². The standard InChI is InChI=1S/C28H37N5O/c1-23-18-24(2)20-26(19-23)28(34)30(3)11-6-7-12-31-14-16-33(17-15-31)27-9-5-4-8-25(27)21-32-13-10-29-22-32/h4-5,8-10,13,18-20,22H,6-7,11-12,14-17,21H2,1-3H3. The zero-order valence-electron chi connectivity index (χ0n) is 20.8. The molecule has 0 atom stereocenters. The monoisotopic (exact) mass is 459 g/mol. The summed E-state index contributed by atoms with van der Waals surface area (Å²) in [4.78, 5) is 23.9. The van der Waals surface area contributed by atoms with E-state index < -0.39 is 0 Å². The number of carbonyl (C=O) groups excluding carboxylic acids is 1. The molecule has 1 aliphatic heterocycles. The number of hydrogen-bond acceptors (Lipinski definition) is 4. The van der Waals surface area contributed by atoms with Gasteiger partial charge in [-0.25, -0.2) is 4.98 Å². The van der Waals surface area contributed by atoms with Gasteiger partial charge < -0.3 is 14.4 Å². The van der Waals surface area contributed by atoms with Gasteiger partial charge in [0.25, 0.3) is 5.91 Å². The molecule has 2 aromatic carbocycles. The van der Waals surface area contributed by atoms with Crippen LogP contribution in [0.5, 0.6) is 0 Å². The lowest BCUT2D eigenvalue weighted by Crippen LogP contribution is -2.47. The first-order valence-electron chi connectivity index (χ1n) is 12.3. The van der Waals surface area contributed by atoms with Gasteiger partial charge in [0, 0.05) is 63.4 Å². The van der Waals surface area contributed by atoms with Crippen molar-refractivity contribution in [2.24, 2.45) is 0 Å². The van der Waals surface area contributed by atoms with Crippen LogP contribution in [0.1, 0.15) is 39.9 Å². The minimum atomic E-state index is 0.120. The summed E-state index contributed by atoms with van der Waals surface area (Å²) >= 11 is 0. The summed E-state index contributed by atoms with van der Waals surface area (Å²) in [5.41, 5.74) is 5.75. The Hall–Kier alpha value is -3.12. The average Bonchev–Trinajstić information content (AvgIpc) is 3.34. The lowest BCUT2D eigenvalue weighted by Gasteiger charge is -2.37. The SMILES string of the molecule is Cc1cc(C)cc(C(=O)N(C)CCCCN2CCN(c3ccccc3Cn3ccnc3)CC2)c1. The fourth-order valence-electron chi connectivity index (χ4n) is 4.85. The third kappa shape index (κ3) is 6.26. The maximum absolute atomic E-state index is 12.7. The number of rotatable bonds is 9. The van der Waals surface area contributed by atoms with Crippen molar-refractivity contribution in [3.05, 3.63) is 83.4 Å². The number of para-hydroxylation sites is 1. The molecule has 1 saturated heterocycles.